The van der Waals surface area contributed by atoms with Gasteiger partial charge in [0.25, 0.3) is 0 Å². The van der Waals surface area contributed by atoms with Crippen molar-refractivity contribution in [2.75, 3.05) is 19.8 Å². The zero-order valence-corrected chi connectivity index (χ0v) is 14.9. The van der Waals surface area contributed by atoms with Crippen molar-refractivity contribution in [3.05, 3.63) is 22.4 Å². The predicted octanol–water partition coefficient (Wildman–Crippen LogP) is 3.69. The highest BCUT2D eigenvalue weighted by Crippen LogP contribution is 2.26. The number of thioether (sulfide) groups is 1. The van der Waals surface area contributed by atoms with Crippen LogP contribution < -0.4 is 10.6 Å². The topological polar surface area (TPSA) is 36.4 Å². The average molecular weight is 326 g/mol. The van der Waals surface area contributed by atoms with E-state index in [1.54, 1.807) is 11.3 Å². The maximum absolute atomic E-state index is 4.38. The van der Waals surface area contributed by atoms with Crippen LogP contribution in [0.4, 0.5) is 0 Å². The van der Waals surface area contributed by atoms with Gasteiger partial charge in [0.2, 0.25) is 0 Å². The summed E-state index contributed by atoms with van der Waals surface area (Å²) in [4.78, 5) is 4.38. The molecule has 1 saturated carbocycles. The summed E-state index contributed by atoms with van der Waals surface area (Å²) in [5.74, 6) is 1.46. The molecule has 1 aromatic rings. The van der Waals surface area contributed by atoms with Gasteiger partial charge in [-0.3, -0.25) is 4.99 Å². The molecule has 5 heteroatoms. The van der Waals surface area contributed by atoms with Crippen LogP contribution >= 0.6 is 23.1 Å². The fourth-order valence-electron chi connectivity index (χ4n) is 2.80. The Hall–Kier alpha value is -0.680. The highest BCUT2D eigenvalue weighted by Gasteiger charge is 2.22. The van der Waals surface area contributed by atoms with Gasteiger partial charge in [-0.2, -0.15) is 23.1 Å². The molecule has 2 N–H and O–H groups in total. The van der Waals surface area contributed by atoms with E-state index in [0.29, 0.717) is 12.0 Å². The van der Waals surface area contributed by atoms with Crippen molar-refractivity contribution in [1.29, 1.82) is 0 Å². The van der Waals surface area contributed by atoms with Crippen LogP contribution in [-0.4, -0.2) is 37.1 Å². The Bertz CT molecular complexity index is 431. The lowest BCUT2D eigenvalue weighted by Crippen LogP contribution is -2.46. The summed E-state index contributed by atoms with van der Waals surface area (Å²) in [5.41, 5.74) is 1.41. The molecule has 0 spiro atoms. The fourth-order valence-corrected chi connectivity index (χ4v) is 4.41. The van der Waals surface area contributed by atoms with E-state index >= 15 is 0 Å². The van der Waals surface area contributed by atoms with E-state index in [1.807, 2.05) is 18.8 Å². The van der Waals surface area contributed by atoms with Crippen molar-refractivity contribution < 1.29 is 0 Å². The van der Waals surface area contributed by atoms with Gasteiger partial charge in [-0.25, -0.2) is 0 Å². The number of aliphatic imine (C=N–C) groups is 1. The molecule has 118 valence electrons. The largest absolute Gasteiger partial charge is 0.356 e. The molecule has 21 heavy (non-hydrogen) atoms. The Morgan fingerprint density at radius 2 is 2.38 bits per heavy atom. The van der Waals surface area contributed by atoms with E-state index < -0.39 is 0 Å². The third-order valence-electron chi connectivity index (χ3n) is 4.21. The maximum atomic E-state index is 4.38. The quantitative estimate of drug-likeness (QED) is 0.640. The highest BCUT2D eigenvalue weighted by molar-refractivity contribution is 7.99. The first kappa shape index (κ1) is 16.7. The number of guanidine groups is 1. The zero-order chi connectivity index (χ0) is 15.1. The van der Waals surface area contributed by atoms with E-state index in [-0.39, 0.29) is 0 Å². The number of nitrogens with zero attached hydrogens (tertiary/aromatic N) is 1. The lowest BCUT2D eigenvalue weighted by Gasteiger charge is -2.30. The molecule has 1 aliphatic rings. The van der Waals surface area contributed by atoms with Crippen LogP contribution in [0.15, 0.2) is 21.8 Å². The Labute approximate surface area is 137 Å². The van der Waals surface area contributed by atoms with E-state index in [0.717, 1.165) is 17.8 Å². The van der Waals surface area contributed by atoms with Crippen molar-refractivity contribution >= 4 is 29.1 Å². The second-order valence-corrected chi connectivity index (χ2v) is 7.69. The minimum atomic E-state index is 0.514. The van der Waals surface area contributed by atoms with Crippen molar-refractivity contribution in [3.8, 4) is 0 Å². The standard InChI is InChI=1S/C16H27N3S2/c1-12(13-7-8-21-11-13)10-18-16(17-2)19-14-5-4-6-15(9-14)20-3/h7-8,11-12,14-15H,4-6,9-10H2,1-3H3,(H2,17,18,19). The lowest BCUT2D eigenvalue weighted by atomic mass is 9.95. The van der Waals surface area contributed by atoms with Gasteiger partial charge in [0.1, 0.15) is 0 Å². The van der Waals surface area contributed by atoms with Gasteiger partial charge in [-0.1, -0.05) is 13.3 Å². The Morgan fingerprint density at radius 3 is 3.05 bits per heavy atom. The average Bonchev–Trinajstić information content (AvgIpc) is 3.05. The van der Waals surface area contributed by atoms with Crippen molar-refractivity contribution in [1.82, 2.24) is 10.6 Å². The summed E-state index contributed by atoms with van der Waals surface area (Å²) in [6.45, 7) is 3.18. The SMILES string of the molecule is CN=C(NCC(C)c1ccsc1)NC1CCCC(SC)C1. The van der Waals surface area contributed by atoms with Gasteiger partial charge in [0, 0.05) is 24.9 Å². The van der Waals surface area contributed by atoms with Gasteiger partial charge < -0.3 is 10.6 Å². The fraction of sp³-hybridized carbons (Fsp3) is 0.688. The summed E-state index contributed by atoms with van der Waals surface area (Å²) in [6, 6.07) is 2.77. The van der Waals surface area contributed by atoms with Gasteiger partial charge >= 0.3 is 0 Å². The van der Waals surface area contributed by atoms with E-state index in [9.17, 15) is 0 Å². The third kappa shape index (κ3) is 5.22. The van der Waals surface area contributed by atoms with Crippen molar-refractivity contribution in [3.63, 3.8) is 0 Å². The zero-order valence-electron chi connectivity index (χ0n) is 13.3. The van der Waals surface area contributed by atoms with Crippen LogP contribution in [0.1, 0.15) is 44.1 Å². The van der Waals surface area contributed by atoms with Gasteiger partial charge in [0.15, 0.2) is 5.96 Å². The molecular weight excluding hydrogens is 298 g/mol. The second-order valence-electron chi connectivity index (χ2n) is 5.78. The second kappa shape index (κ2) is 8.69. The molecule has 1 aromatic heterocycles. The summed E-state index contributed by atoms with van der Waals surface area (Å²) in [5, 5.41) is 12.2. The number of rotatable bonds is 5. The molecule has 0 saturated heterocycles. The first-order valence-corrected chi connectivity index (χ1v) is 9.98. The normalized spacial score (nSPS) is 24.6. The minimum absolute atomic E-state index is 0.514. The lowest BCUT2D eigenvalue weighted by molar-refractivity contribution is 0.418. The van der Waals surface area contributed by atoms with E-state index in [4.69, 9.17) is 0 Å². The molecular formula is C16H27N3S2. The van der Waals surface area contributed by atoms with Gasteiger partial charge in [-0.15, -0.1) is 0 Å². The van der Waals surface area contributed by atoms with Crippen molar-refractivity contribution in [2.24, 2.45) is 4.99 Å². The van der Waals surface area contributed by atoms with E-state index in [2.05, 4.69) is 45.6 Å². The van der Waals surface area contributed by atoms with Crippen molar-refractivity contribution in [2.45, 2.75) is 49.8 Å². The summed E-state index contributed by atoms with van der Waals surface area (Å²) in [6.07, 6.45) is 7.43. The first-order valence-electron chi connectivity index (χ1n) is 7.75. The molecule has 0 radical (unpaired) electrons. The Balaban J connectivity index is 1.78. The van der Waals surface area contributed by atoms with E-state index in [1.165, 1.54) is 31.2 Å². The number of nitrogens with one attached hydrogen (secondary N) is 2. The third-order valence-corrected chi connectivity index (χ3v) is 6.01. The molecule has 1 aliphatic carbocycles. The molecule has 0 amide bonds. The van der Waals surface area contributed by atoms with Gasteiger partial charge in [-0.05, 0) is 53.8 Å². The van der Waals surface area contributed by atoms with Crippen LogP contribution in [0.3, 0.4) is 0 Å². The smallest absolute Gasteiger partial charge is 0.191 e. The molecule has 1 heterocycles. The van der Waals surface area contributed by atoms with Crippen LogP contribution in [0.5, 0.6) is 0 Å². The van der Waals surface area contributed by atoms with Crippen LogP contribution in [0, 0.1) is 0 Å². The molecule has 3 atom stereocenters. The number of thiophene rings is 1. The summed E-state index contributed by atoms with van der Waals surface area (Å²) < 4.78 is 0. The Morgan fingerprint density at radius 1 is 1.52 bits per heavy atom. The van der Waals surface area contributed by atoms with Crippen LogP contribution in [-0.2, 0) is 0 Å². The monoisotopic (exact) mass is 325 g/mol. The molecule has 3 unspecified atom stereocenters. The Kier molecular flexibility index (Phi) is 6.90. The number of hydrogen-bond donors (Lipinski definition) is 2. The molecule has 0 aliphatic heterocycles. The van der Waals surface area contributed by atoms with Crippen LogP contribution in [0.25, 0.3) is 0 Å². The minimum Gasteiger partial charge on any atom is -0.356 e. The van der Waals surface area contributed by atoms with Gasteiger partial charge in [0.05, 0.1) is 0 Å². The predicted molar refractivity (Wildman–Crippen MR) is 96.8 cm³/mol. The molecule has 3 nitrogen and oxygen atoms in total. The molecule has 0 bridgehead atoms. The molecule has 0 aromatic carbocycles. The number of hydrogen-bond acceptors (Lipinski definition) is 3. The summed E-state index contributed by atoms with van der Waals surface area (Å²) >= 11 is 3.76. The molecule has 2 rings (SSSR count). The van der Waals surface area contributed by atoms with Crippen LogP contribution in [0.2, 0.25) is 0 Å². The highest BCUT2D eigenvalue weighted by atomic mass is 32.2. The summed E-state index contributed by atoms with van der Waals surface area (Å²) in [7, 11) is 1.86. The maximum Gasteiger partial charge on any atom is 0.191 e. The molecule has 1 fully saturated rings. The first-order chi connectivity index (χ1) is 10.2.